The van der Waals surface area contributed by atoms with Crippen molar-refractivity contribution in [1.82, 2.24) is 10.6 Å². The van der Waals surface area contributed by atoms with Gasteiger partial charge in [-0.1, -0.05) is 0 Å². The van der Waals surface area contributed by atoms with Gasteiger partial charge in [-0.2, -0.15) is 11.3 Å². The van der Waals surface area contributed by atoms with Crippen molar-refractivity contribution in [3.8, 4) is 0 Å². The molecule has 6 heteroatoms. The zero-order valence-corrected chi connectivity index (χ0v) is 11.4. The van der Waals surface area contributed by atoms with Crippen molar-refractivity contribution in [2.75, 3.05) is 13.2 Å². The number of amides is 2. The zero-order valence-electron chi connectivity index (χ0n) is 10.6. The SMILES string of the molecule is CCOC(=O)CNC(=O)NC(C)Cc1ccsc1. The minimum absolute atomic E-state index is 0.0156. The summed E-state index contributed by atoms with van der Waals surface area (Å²) in [6.45, 7) is 3.85. The maximum Gasteiger partial charge on any atom is 0.325 e. The van der Waals surface area contributed by atoms with Crippen molar-refractivity contribution in [3.63, 3.8) is 0 Å². The molecule has 0 radical (unpaired) electrons. The first-order valence-electron chi connectivity index (χ1n) is 5.83. The summed E-state index contributed by atoms with van der Waals surface area (Å²) in [4.78, 5) is 22.5. The van der Waals surface area contributed by atoms with Crippen LogP contribution in [0, 0.1) is 0 Å². The molecule has 2 N–H and O–H groups in total. The van der Waals surface area contributed by atoms with Crippen LogP contribution in [0.4, 0.5) is 4.79 Å². The molecule has 2 amide bonds. The number of ether oxygens (including phenoxy) is 1. The van der Waals surface area contributed by atoms with Gasteiger partial charge in [0, 0.05) is 6.04 Å². The third-order valence-corrected chi connectivity index (χ3v) is 2.93. The molecule has 1 rings (SSSR count). The number of nitrogens with one attached hydrogen (secondary N) is 2. The van der Waals surface area contributed by atoms with E-state index in [0.29, 0.717) is 6.61 Å². The molecule has 0 saturated heterocycles. The zero-order chi connectivity index (χ0) is 13.4. The molecule has 100 valence electrons. The summed E-state index contributed by atoms with van der Waals surface area (Å²) in [7, 11) is 0. The number of carbonyl (C=O) groups excluding carboxylic acids is 2. The minimum atomic E-state index is -0.432. The van der Waals surface area contributed by atoms with Gasteiger partial charge < -0.3 is 15.4 Å². The fourth-order valence-electron chi connectivity index (χ4n) is 1.45. The fraction of sp³-hybridized carbons (Fsp3) is 0.500. The molecule has 0 saturated carbocycles. The summed E-state index contributed by atoms with van der Waals surface area (Å²) in [6, 6.07) is 1.69. The average Bonchev–Trinajstić information content (AvgIpc) is 2.79. The van der Waals surface area contributed by atoms with E-state index in [2.05, 4.69) is 16.0 Å². The molecule has 1 aromatic rings. The summed E-state index contributed by atoms with van der Waals surface area (Å²) in [6.07, 6.45) is 0.774. The van der Waals surface area contributed by atoms with Gasteiger partial charge >= 0.3 is 12.0 Å². The van der Waals surface area contributed by atoms with Gasteiger partial charge in [0.05, 0.1) is 6.61 Å². The lowest BCUT2D eigenvalue weighted by Gasteiger charge is -2.13. The Kier molecular flexibility index (Phi) is 6.21. The van der Waals surface area contributed by atoms with Crippen LogP contribution in [0.1, 0.15) is 19.4 Å². The second kappa shape index (κ2) is 7.71. The molecule has 0 aliphatic heterocycles. The van der Waals surface area contributed by atoms with Crippen LogP contribution in [-0.2, 0) is 16.0 Å². The van der Waals surface area contributed by atoms with Crippen molar-refractivity contribution in [2.24, 2.45) is 0 Å². The molecule has 0 aliphatic rings. The number of thiophene rings is 1. The Hall–Kier alpha value is -1.56. The third-order valence-electron chi connectivity index (χ3n) is 2.20. The molecule has 1 unspecified atom stereocenters. The van der Waals surface area contributed by atoms with Gasteiger partial charge in [0.15, 0.2) is 0 Å². The molecular weight excluding hydrogens is 252 g/mol. The van der Waals surface area contributed by atoms with Gasteiger partial charge in [-0.15, -0.1) is 0 Å². The van der Waals surface area contributed by atoms with Crippen LogP contribution < -0.4 is 10.6 Å². The molecule has 0 fully saturated rings. The number of esters is 1. The first-order valence-corrected chi connectivity index (χ1v) is 6.77. The van der Waals surface area contributed by atoms with Gasteiger partial charge in [0.2, 0.25) is 0 Å². The summed E-state index contributed by atoms with van der Waals surface area (Å²) in [5.74, 6) is -0.432. The third kappa shape index (κ3) is 5.67. The van der Waals surface area contributed by atoms with Crippen LogP contribution >= 0.6 is 11.3 Å². The van der Waals surface area contributed by atoms with E-state index in [1.54, 1.807) is 18.3 Å². The Balaban J connectivity index is 2.21. The van der Waals surface area contributed by atoms with Gasteiger partial charge in [-0.3, -0.25) is 4.79 Å². The molecule has 0 aliphatic carbocycles. The second-order valence-electron chi connectivity index (χ2n) is 3.87. The van der Waals surface area contributed by atoms with Crippen LogP contribution in [0.25, 0.3) is 0 Å². The highest BCUT2D eigenvalue weighted by atomic mass is 32.1. The van der Waals surface area contributed by atoms with Gasteiger partial charge in [0.25, 0.3) is 0 Å². The Labute approximate surface area is 111 Å². The van der Waals surface area contributed by atoms with Crippen molar-refractivity contribution < 1.29 is 14.3 Å². The minimum Gasteiger partial charge on any atom is -0.465 e. The number of carbonyl (C=O) groups is 2. The van der Waals surface area contributed by atoms with E-state index in [1.807, 2.05) is 18.4 Å². The van der Waals surface area contributed by atoms with Crippen LogP contribution in [0.3, 0.4) is 0 Å². The first kappa shape index (κ1) is 14.5. The van der Waals surface area contributed by atoms with E-state index in [0.717, 1.165) is 6.42 Å². The molecule has 0 bridgehead atoms. The Morgan fingerprint density at radius 2 is 2.28 bits per heavy atom. The van der Waals surface area contributed by atoms with E-state index in [4.69, 9.17) is 4.74 Å². The molecule has 5 nitrogen and oxygen atoms in total. The highest BCUT2D eigenvalue weighted by Gasteiger charge is 2.09. The van der Waals surface area contributed by atoms with Crippen molar-refractivity contribution in [2.45, 2.75) is 26.3 Å². The van der Waals surface area contributed by atoms with Gasteiger partial charge in [-0.05, 0) is 42.7 Å². The quantitative estimate of drug-likeness (QED) is 0.771. The van der Waals surface area contributed by atoms with Gasteiger partial charge in [-0.25, -0.2) is 4.79 Å². The summed E-state index contributed by atoms with van der Waals surface area (Å²) < 4.78 is 4.70. The molecule has 1 heterocycles. The van der Waals surface area contributed by atoms with Crippen LogP contribution in [0.2, 0.25) is 0 Å². The van der Waals surface area contributed by atoms with Crippen molar-refractivity contribution in [1.29, 1.82) is 0 Å². The maximum atomic E-state index is 11.5. The first-order chi connectivity index (χ1) is 8.61. The monoisotopic (exact) mass is 270 g/mol. The van der Waals surface area contributed by atoms with E-state index < -0.39 is 5.97 Å². The Bertz CT molecular complexity index is 379. The number of urea groups is 1. The van der Waals surface area contributed by atoms with E-state index in [-0.39, 0.29) is 18.6 Å². The van der Waals surface area contributed by atoms with E-state index in [9.17, 15) is 9.59 Å². The number of hydrogen-bond donors (Lipinski definition) is 2. The Morgan fingerprint density at radius 1 is 1.50 bits per heavy atom. The summed E-state index contributed by atoms with van der Waals surface area (Å²) >= 11 is 1.63. The molecule has 18 heavy (non-hydrogen) atoms. The second-order valence-corrected chi connectivity index (χ2v) is 4.65. The highest BCUT2D eigenvalue weighted by molar-refractivity contribution is 7.07. The largest absolute Gasteiger partial charge is 0.465 e. The topological polar surface area (TPSA) is 67.4 Å². The predicted octanol–water partition coefficient (Wildman–Crippen LogP) is 1.54. The maximum absolute atomic E-state index is 11.5. The van der Waals surface area contributed by atoms with Crippen molar-refractivity contribution in [3.05, 3.63) is 22.4 Å². The smallest absolute Gasteiger partial charge is 0.325 e. The normalized spacial score (nSPS) is 11.7. The highest BCUT2D eigenvalue weighted by Crippen LogP contribution is 2.08. The predicted molar refractivity (Wildman–Crippen MR) is 70.7 cm³/mol. The summed E-state index contributed by atoms with van der Waals surface area (Å²) in [5.41, 5.74) is 1.19. The fourth-order valence-corrected chi connectivity index (χ4v) is 2.13. The lowest BCUT2D eigenvalue weighted by molar-refractivity contribution is -0.141. The number of hydrogen-bond acceptors (Lipinski definition) is 4. The standard InChI is InChI=1S/C12H18N2O3S/c1-3-17-11(15)7-13-12(16)14-9(2)6-10-4-5-18-8-10/h4-5,8-9H,3,6-7H2,1-2H3,(H2,13,14,16). The lowest BCUT2D eigenvalue weighted by Crippen LogP contribution is -2.43. The van der Waals surface area contributed by atoms with E-state index in [1.165, 1.54) is 5.56 Å². The molecule has 1 aromatic heterocycles. The molecule has 1 atom stereocenters. The van der Waals surface area contributed by atoms with Crippen molar-refractivity contribution >= 4 is 23.3 Å². The Morgan fingerprint density at radius 3 is 2.89 bits per heavy atom. The molecule has 0 spiro atoms. The number of rotatable bonds is 6. The lowest BCUT2D eigenvalue weighted by atomic mass is 10.1. The van der Waals surface area contributed by atoms with E-state index >= 15 is 0 Å². The summed E-state index contributed by atoms with van der Waals surface area (Å²) in [5, 5.41) is 9.27. The molecule has 0 aromatic carbocycles. The van der Waals surface area contributed by atoms with Crippen LogP contribution in [0.15, 0.2) is 16.8 Å². The van der Waals surface area contributed by atoms with Gasteiger partial charge in [0.1, 0.15) is 6.54 Å². The molecular formula is C12H18N2O3S. The van der Waals surface area contributed by atoms with Crippen LogP contribution in [0.5, 0.6) is 0 Å². The average molecular weight is 270 g/mol. The van der Waals surface area contributed by atoms with Crippen LogP contribution in [-0.4, -0.2) is 31.2 Å².